The first-order valence-electron chi connectivity index (χ1n) is 5.64. The molecule has 0 saturated carbocycles. The summed E-state index contributed by atoms with van der Waals surface area (Å²) < 4.78 is 38.1. The Morgan fingerprint density at radius 1 is 1.05 bits per heavy atom. The minimum absolute atomic E-state index is 0.0328. The molecule has 1 nitrogen and oxygen atoms in total. The Kier molecular flexibility index (Phi) is 4.78. The topological polar surface area (TPSA) is 20.2 Å². The SMILES string of the molecule is OCc1ccc(Sc2ccc(C(F)(F)F)cc2Br)cc1. The van der Waals surface area contributed by atoms with Gasteiger partial charge in [0.1, 0.15) is 0 Å². The van der Waals surface area contributed by atoms with Gasteiger partial charge in [0.25, 0.3) is 0 Å². The molecule has 0 saturated heterocycles. The van der Waals surface area contributed by atoms with Crippen LogP contribution in [0.4, 0.5) is 13.2 Å². The molecule has 0 aliphatic carbocycles. The average Bonchev–Trinajstić information content (AvgIpc) is 2.41. The van der Waals surface area contributed by atoms with Crippen molar-refractivity contribution in [1.29, 1.82) is 0 Å². The summed E-state index contributed by atoms with van der Waals surface area (Å²) >= 11 is 4.52. The lowest BCUT2D eigenvalue weighted by molar-refractivity contribution is -0.137. The van der Waals surface area contributed by atoms with E-state index in [1.165, 1.54) is 17.8 Å². The molecule has 106 valence electrons. The first-order chi connectivity index (χ1) is 9.40. The highest BCUT2D eigenvalue weighted by atomic mass is 79.9. The van der Waals surface area contributed by atoms with Gasteiger partial charge < -0.3 is 5.11 Å². The maximum absolute atomic E-state index is 12.6. The molecule has 2 aromatic rings. The van der Waals surface area contributed by atoms with E-state index in [0.717, 1.165) is 22.6 Å². The number of halogens is 4. The number of aliphatic hydroxyl groups is 1. The van der Waals surface area contributed by atoms with Crippen molar-refractivity contribution >= 4 is 27.7 Å². The minimum atomic E-state index is -4.34. The molecule has 0 fully saturated rings. The largest absolute Gasteiger partial charge is 0.416 e. The van der Waals surface area contributed by atoms with Crippen LogP contribution in [0.25, 0.3) is 0 Å². The molecule has 0 atom stereocenters. The Morgan fingerprint density at radius 3 is 2.20 bits per heavy atom. The highest BCUT2D eigenvalue weighted by Crippen LogP contribution is 2.38. The van der Waals surface area contributed by atoms with Crippen molar-refractivity contribution in [1.82, 2.24) is 0 Å². The molecule has 0 radical (unpaired) electrons. The maximum Gasteiger partial charge on any atom is 0.416 e. The number of benzene rings is 2. The number of hydrogen-bond donors (Lipinski definition) is 1. The van der Waals surface area contributed by atoms with Crippen molar-refractivity contribution in [2.24, 2.45) is 0 Å². The fourth-order valence-electron chi connectivity index (χ4n) is 1.55. The van der Waals surface area contributed by atoms with Gasteiger partial charge in [-0.1, -0.05) is 23.9 Å². The summed E-state index contributed by atoms with van der Waals surface area (Å²) in [6.45, 7) is -0.0328. The Labute approximate surface area is 126 Å². The van der Waals surface area contributed by atoms with Gasteiger partial charge in [-0.05, 0) is 51.8 Å². The standard InChI is InChI=1S/C14H10BrF3OS/c15-12-7-10(14(16,17)18)3-6-13(12)20-11-4-1-9(8-19)2-5-11/h1-7,19H,8H2. The molecule has 0 unspecified atom stereocenters. The lowest BCUT2D eigenvalue weighted by Gasteiger charge is -2.10. The summed E-state index contributed by atoms with van der Waals surface area (Å²) in [5.74, 6) is 0. The zero-order chi connectivity index (χ0) is 14.8. The first-order valence-corrected chi connectivity index (χ1v) is 7.25. The summed E-state index contributed by atoms with van der Waals surface area (Å²) in [4.78, 5) is 1.59. The number of alkyl halides is 3. The second-order valence-electron chi connectivity index (χ2n) is 4.05. The highest BCUT2D eigenvalue weighted by molar-refractivity contribution is 9.10. The van der Waals surface area contributed by atoms with Gasteiger partial charge in [-0.25, -0.2) is 0 Å². The number of hydrogen-bond acceptors (Lipinski definition) is 2. The second kappa shape index (κ2) is 6.20. The van der Waals surface area contributed by atoms with Crippen molar-refractivity contribution < 1.29 is 18.3 Å². The minimum Gasteiger partial charge on any atom is -0.392 e. The molecule has 0 aliphatic heterocycles. The predicted octanol–water partition coefficient (Wildman–Crippen LogP) is 5.11. The molecule has 0 spiro atoms. The fraction of sp³-hybridized carbons (Fsp3) is 0.143. The summed E-state index contributed by atoms with van der Waals surface area (Å²) in [5.41, 5.74) is 0.116. The zero-order valence-electron chi connectivity index (χ0n) is 10.1. The van der Waals surface area contributed by atoms with Crippen molar-refractivity contribution in [3.63, 3.8) is 0 Å². The van der Waals surface area contributed by atoms with Gasteiger partial charge in [0, 0.05) is 14.3 Å². The van der Waals surface area contributed by atoms with Crippen LogP contribution in [-0.4, -0.2) is 5.11 Å². The molecule has 1 N–H and O–H groups in total. The van der Waals surface area contributed by atoms with Crippen molar-refractivity contribution in [2.45, 2.75) is 22.6 Å². The van der Waals surface area contributed by atoms with Gasteiger partial charge in [-0.15, -0.1) is 0 Å². The molecule has 0 aliphatic rings. The Bertz CT molecular complexity index is 596. The van der Waals surface area contributed by atoms with Gasteiger partial charge in [0.2, 0.25) is 0 Å². The van der Waals surface area contributed by atoms with Crippen LogP contribution in [0.5, 0.6) is 0 Å². The van der Waals surface area contributed by atoms with Crippen LogP contribution < -0.4 is 0 Å². The monoisotopic (exact) mass is 362 g/mol. The van der Waals surface area contributed by atoms with E-state index in [-0.39, 0.29) is 6.61 Å². The van der Waals surface area contributed by atoms with Crippen LogP contribution in [-0.2, 0) is 12.8 Å². The Hall–Kier alpha value is -0.980. The third-order valence-electron chi connectivity index (χ3n) is 2.59. The van der Waals surface area contributed by atoms with E-state index in [2.05, 4.69) is 15.9 Å². The van der Waals surface area contributed by atoms with Crippen LogP contribution >= 0.6 is 27.7 Å². The highest BCUT2D eigenvalue weighted by Gasteiger charge is 2.30. The van der Waals surface area contributed by atoms with Crippen molar-refractivity contribution in [3.8, 4) is 0 Å². The van der Waals surface area contributed by atoms with Gasteiger partial charge in [0.05, 0.1) is 12.2 Å². The molecule has 6 heteroatoms. The predicted molar refractivity (Wildman–Crippen MR) is 75.6 cm³/mol. The third-order valence-corrected chi connectivity index (χ3v) is 4.60. The van der Waals surface area contributed by atoms with Crippen LogP contribution in [0.15, 0.2) is 56.7 Å². The normalized spacial score (nSPS) is 11.7. The van der Waals surface area contributed by atoms with E-state index in [0.29, 0.717) is 9.37 Å². The lowest BCUT2D eigenvalue weighted by Crippen LogP contribution is -2.04. The van der Waals surface area contributed by atoms with E-state index < -0.39 is 11.7 Å². The number of aliphatic hydroxyl groups excluding tert-OH is 1. The molecule has 0 aromatic heterocycles. The molecular formula is C14H10BrF3OS. The number of rotatable bonds is 3. The van der Waals surface area contributed by atoms with Crippen LogP contribution in [0.1, 0.15) is 11.1 Å². The molecule has 2 rings (SSSR count). The summed E-state index contributed by atoms with van der Waals surface area (Å²) in [7, 11) is 0. The Morgan fingerprint density at radius 2 is 1.70 bits per heavy atom. The van der Waals surface area contributed by atoms with Gasteiger partial charge in [-0.2, -0.15) is 13.2 Å². The summed E-state index contributed by atoms with van der Waals surface area (Å²) in [5, 5.41) is 8.95. The summed E-state index contributed by atoms with van der Waals surface area (Å²) in [6.07, 6.45) is -4.34. The molecule has 0 heterocycles. The van der Waals surface area contributed by atoms with E-state index in [9.17, 15) is 13.2 Å². The van der Waals surface area contributed by atoms with E-state index in [1.54, 1.807) is 12.1 Å². The van der Waals surface area contributed by atoms with Crippen molar-refractivity contribution in [3.05, 3.63) is 58.1 Å². The third kappa shape index (κ3) is 3.77. The van der Waals surface area contributed by atoms with Crippen LogP contribution in [0, 0.1) is 0 Å². The average molecular weight is 363 g/mol. The smallest absolute Gasteiger partial charge is 0.392 e. The van der Waals surface area contributed by atoms with E-state index in [4.69, 9.17) is 5.11 Å². The zero-order valence-corrected chi connectivity index (χ0v) is 12.5. The van der Waals surface area contributed by atoms with E-state index >= 15 is 0 Å². The molecule has 2 aromatic carbocycles. The molecule has 0 amide bonds. The molecule has 20 heavy (non-hydrogen) atoms. The second-order valence-corrected chi connectivity index (χ2v) is 6.02. The lowest BCUT2D eigenvalue weighted by atomic mass is 10.2. The summed E-state index contributed by atoms with van der Waals surface area (Å²) in [6, 6.07) is 10.8. The molecular weight excluding hydrogens is 353 g/mol. The van der Waals surface area contributed by atoms with Gasteiger partial charge >= 0.3 is 6.18 Å². The van der Waals surface area contributed by atoms with Gasteiger partial charge in [-0.3, -0.25) is 0 Å². The van der Waals surface area contributed by atoms with Gasteiger partial charge in [0.15, 0.2) is 0 Å². The molecule has 0 bridgehead atoms. The van der Waals surface area contributed by atoms with Crippen molar-refractivity contribution in [2.75, 3.05) is 0 Å². The fourth-order valence-corrected chi connectivity index (χ4v) is 2.99. The van der Waals surface area contributed by atoms with Crippen LogP contribution in [0.2, 0.25) is 0 Å². The first kappa shape index (κ1) is 15.4. The maximum atomic E-state index is 12.6. The Balaban J connectivity index is 2.21. The quantitative estimate of drug-likeness (QED) is 0.818. The van der Waals surface area contributed by atoms with Crippen LogP contribution in [0.3, 0.4) is 0 Å². The van der Waals surface area contributed by atoms with E-state index in [1.807, 2.05) is 12.1 Å².